The van der Waals surface area contributed by atoms with Crippen LogP contribution in [0.25, 0.3) is 11.4 Å². The second kappa shape index (κ2) is 10.7. The van der Waals surface area contributed by atoms with Crippen LogP contribution >= 0.6 is 15.9 Å². The summed E-state index contributed by atoms with van der Waals surface area (Å²) in [7, 11) is 0. The van der Waals surface area contributed by atoms with Crippen LogP contribution in [0.3, 0.4) is 0 Å². The molecule has 4 aromatic rings. The van der Waals surface area contributed by atoms with Crippen molar-refractivity contribution in [3.8, 4) is 17.1 Å². The smallest absolute Gasteiger partial charge is 0.158 e. The summed E-state index contributed by atoms with van der Waals surface area (Å²) in [5.74, 6) is 1.48. The van der Waals surface area contributed by atoms with Crippen LogP contribution in [-0.4, -0.2) is 29.5 Å². The van der Waals surface area contributed by atoms with Crippen molar-refractivity contribution in [2.24, 2.45) is 5.92 Å². The first-order valence-electron chi connectivity index (χ1n) is 11.8. The van der Waals surface area contributed by atoms with Gasteiger partial charge in [-0.1, -0.05) is 20.8 Å². The molecular weight excluding hydrogens is 511 g/mol. The van der Waals surface area contributed by atoms with Crippen LogP contribution in [0.15, 0.2) is 47.5 Å². The molecule has 0 unspecified atom stereocenters. The van der Waals surface area contributed by atoms with Crippen molar-refractivity contribution in [2.75, 3.05) is 0 Å². The molecule has 0 aliphatic rings. The number of halogens is 2. The standard InChI is InChI=1S/C26H30BrFN6O/c1-6-24-25(9-20(27)11-29-24)35-18(5)23-10-21(28)7-8-22(23)26-30-15-31-34(26)14-19-13-33(12-16(2)3)32-17(19)4/h7-11,13,15-16,18H,6,12,14H2,1-5H3/t18-/m1/s1. The number of benzene rings is 1. The third-order valence-corrected chi connectivity index (χ3v) is 6.20. The molecule has 1 atom stereocenters. The lowest BCUT2D eigenvalue weighted by Gasteiger charge is -2.20. The molecule has 0 aliphatic carbocycles. The van der Waals surface area contributed by atoms with Crippen molar-refractivity contribution in [1.29, 1.82) is 0 Å². The number of pyridine rings is 1. The van der Waals surface area contributed by atoms with Crippen molar-refractivity contribution < 1.29 is 9.13 Å². The largest absolute Gasteiger partial charge is 0.484 e. The van der Waals surface area contributed by atoms with Gasteiger partial charge >= 0.3 is 0 Å². The summed E-state index contributed by atoms with van der Waals surface area (Å²) < 4.78 is 25.3. The predicted octanol–water partition coefficient (Wildman–Crippen LogP) is 6.15. The molecule has 0 saturated heterocycles. The van der Waals surface area contributed by atoms with E-state index >= 15 is 0 Å². The molecule has 0 aliphatic heterocycles. The zero-order valence-corrected chi connectivity index (χ0v) is 22.3. The molecule has 184 valence electrons. The second-order valence-corrected chi connectivity index (χ2v) is 9.96. The molecule has 0 saturated carbocycles. The van der Waals surface area contributed by atoms with Gasteiger partial charge in [-0.15, -0.1) is 0 Å². The highest BCUT2D eigenvalue weighted by Gasteiger charge is 2.21. The van der Waals surface area contributed by atoms with Gasteiger partial charge in [-0.2, -0.15) is 10.2 Å². The fraction of sp³-hybridized carbons (Fsp3) is 0.385. The topological polar surface area (TPSA) is 70.7 Å². The fourth-order valence-corrected chi connectivity index (χ4v) is 4.39. The summed E-state index contributed by atoms with van der Waals surface area (Å²) in [6.07, 6.45) is 5.61. The summed E-state index contributed by atoms with van der Waals surface area (Å²) in [6.45, 7) is 11.6. The van der Waals surface area contributed by atoms with E-state index in [-0.39, 0.29) is 5.82 Å². The predicted molar refractivity (Wildman–Crippen MR) is 137 cm³/mol. The minimum Gasteiger partial charge on any atom is -0.484 e. The Labute approximate surface area is 213 Å². The first kappa shape index (κ1) is 25.0. The first-order chi connectivity index (χ1) is 16.7. The highest BCUT2D eigenvalue weighted by molar-refractivity contribution is 9.10. The van der Waals surface area contributed by atoms with Crippen molar-refractivity contribution >= 4 is 15.9 Å². The lowest BCUT2D eigenvalue weighted by molar-refractivity contribution is 0.223. The summed E-state index contributed by atoms with van der Waals surface area (Å²) in [5, 5.41) is 9.10. The number of aryl methyl sites for hydroxylation is 2. The second-order valence-electron chi connectivity index (χ2n) is 9.04. The first-order valence-corrected chi connectivity index (χ1v) is 12.6. The average molecular weight is 541 g/mol. The molecule has 0 bridgehead atoms. The fourth-order valence-electron chi connectivity index (χ4n) is 4.08. The molecule has 3 aromatic heterocycles. The molecule has 35 heavy (non-hydrogen) atoms. The van der Waals surface area contributed by atoms with Crippen LogP contribution in [-0.2, 0) is 19.5 Å². The maximum absolute atomic E-state index is 14.4. The molecule has 0 fully saturated rings. The molecule has 0 radical (unpaired) electrons. The van der Waals surface area contributed by atoms with Gasteiger partial charge in [0.25, 0.3) is 0 Å². The van der Waals surface area contributed by atoms with E-state index in [2.05, 4.69) is 56.1 Å². The Hall–Kier alpha value is -3.07. The van der Waals surface area contributed by atoms with Crippen molar-refractivity contribution in [3.05, 3.63) is 75.8 Å². The van der Waals surface area contributed by atoms with Gasteiger partial charge in [0.2, 0.25) is 0 Å². The minimum atomic E-state index is -0.442. The van der Waals surface area contributed by atoms with E-state index in [4.69, 9.17) is 4.74 Å². The van der Waals surface area contributed by atoms with Crippen LogP contribution in [0.5, 0.6) is 5.75 Å². The third-order valence-electron chi connectivity index (χ3n) is 5.76. The van der Waals surface area contributed by atoms with Gasteiger partial charge in [0.1, 0.15) is 24.0 Å². The summed E-state index contributed by atoms with van der Waals surface area (Å²) >= 11 is 3.46. The summed E-state index contributed by atoms with van der Waals surface area (Å²) in [5.41, 5.74) is 4.32. The number of hydrogen-bond acceptors (Lipinski definition) is 5. The van der Waals surface area contributed by atoms with Gasteiger partial charge in [-0.25, -0.2) is 14.1 Å². The average Bonchev–Trinajstić information content (AvgIpc) is 3.39. The SMILES string of the molecule is CCc1ncc(Br)cc1O[C@H](C)c1cc(F)ccc1-c1ncnn1Cc1cn(CC(C)C)nc1C. The van der Waals surface area contributed by atoms with Crippen molar-refractivity contribution in [1.82, 2.24) is 29.5 Å². The van der Waals surface area contributed by atoms with E-state index in [1.54, 1.807) is 12.3 Å². The molecule has 3 heterocycles. The number of nitrogens with zero attached hydrogens (tertiary/aromatic N) is 6. The van der Waals surface area contributed by atoms with Crippen LogP contribution < -0.4 is 4.74 Å². The van der Waals surface area contributed by atoms with Gasteiger partial charge in [-0.3, -0.25) is 9.67 Å². The van der Waals surface area contributed by atoms with Crippen LogP contribution in [0.2, 0.25) is 0 Å². The normalized spacial score (nSPS) is 12.3. The van der Waals surface area contributed by atoms with Gasteiger partial charge < -0.3 is 4.74 Å². The Morgan fingerprint density at radius 1 is 1.14 bits per heavy atom. The molecule has 7 nitrogen and oxygen atoms in total. The summed E-state index contributed by atoms with van der Waals surface area (Å²) in [4.78, 5) is 8.96. The molecule has 4 rings (SSSR count). The Morgan fingerprint density at radius 3 is 2.69 bits per heavy atom. The van der Waals surface area contributed by atoms with E-state index in [0.29, 0.717) is 29.6 Å². The lowest BCUT2D eigenvalue weighted by atomic mass is 10.0. The molecule has 0 N–H and O–H groups in total. The highest BCUT2D eigenvalue weighted by Crippen LogP contribution is 2.33. The van der Waals surface area contributed by atoms with E-state index in [0.717, 1.165) is 40.0 Å². The third kappa shape index (κ3) is 5.78. The number of aromatic nitrogens is 6. The Morgan fingerprint density at radius 2 is 1.94 bits per heavy atom. The van der Waals surface area contributed by atoms with Crippen LogP contribution in [0.1, 0.15) is 56.3 Å². The molecule has 9 heteroatoms. The lowest BCUT2D eigenvalue weighted by Crippen LogP contribution is -2.10. The maximum Gasteiger partial charge on any atom is 0.158 e. The molecular formula is C26H30BrFN6O. The van der Waals surface area contributed by atoms with Crippen molar-refractivity contribution in [2.45, 2.75) is 60.2 Å². The minimum absolute atomic E-state index is 0.334. The van der Waals surface area contributed by atoms with E-state index < -0.39 is 6.10 Å². The molecule has 1 aromatic carbocycles. The zero-order chi connectivity index (χ0) is 25.1. The van der Waals surface area contributed by atoms with Gasteiger partial charge in [0, 0.05) is 40.1 Å². The summed E-state index contributed by atoms with van der Waals surface area (Å²) in [6, 6.07) is 6.57. The quantitative estimate of drug-likeness (QED) is 0.254. The molecule has 0 spiro atoms. The Balaban J connectivity index is 1.66. The van der Waals surface area contributed by atoms with E-state index in [1.807, 2.05) is 36.2 Å². The zero-order valence-electron chi connectivity index (χ0n) is 20.7. The Kier molecular flexibility index (Phi) is 7.64. The van der Waals surface area contributed by atoms with Crippen molar-refractivity contribution in [3.63, 3.8) is 0 Å². The monoisotopic (exact) mass is 540 g/mol. The van der Waals surface area contributed by atoms with E-state index in [9.17, 15) is 4.39 Å². The Bertz CT molecular complexity index is 1320. The van der Waals surface area contributed by atoms with Gasteiger partial charge in [0.15, 0.2) is 5.82 Å². The van der Waals surface area contributed by atoms with Gasteiger partial charge in [-0.05, 0) is 66.4 Å². The van der Waals surface area contributed by atoms with Crippen LogP contribution in [0.4, 0.5) is 4.39 Å². The number of ether oxygens (including phenoxy) is 1. The van der Waals surface area contributed by atoms with E-state index in [1.165, 1.54) is 18.5 Å². The van der Waals surface area contributed by atoms with Crippen LogP contribution in [0, 0.1) is 18.7 Å². The highest BCUT2D eigenvalue weighted by atomic mass is 79.9. The molecule has 0 amide bonds. The van der Waals surface area contributed by atoms with Gasteiger partial charge in [0.05, 0.1) is 17.9 Å². The number of rotatable bonds is 9. The maximum atomic E-state index is 14.4. The number of hydrogen-bond donors (Lipinski definition) is 0.